The number of nitriles is 1. The molecule has 4 rings (SSSR count). The minimum absolute atomic E-state index is 0.0417. The summed E-state index contributed by atoms with van der Waals surface area (Å²) in [6, 6.07) is 12.0. The number of amides is 2. The van der Waals surface area contributed by atoms with Crippen molar-refractivity contribution in [3.63, 3.8) is 0 Å². The molecule has 1 N–H and O–H groups in total. The number of rotatable bonds is 9. The minimum Gasteiger partial charge on any atom is -0.462 e. The average Bonchev–Trinajstić information content (AvgIpc) is 3.22. The minimum atomic E-state index is -3.87. The zero-order valence-electron chi connectivity index (χ0n) is 20.3. The fourth-order valence-electron chi connectivity index (χ4n) is 4.31. The zero-order chi connectivity index (χ0) is 26.6. The van der Waals surface area contributed by atoms with Crippen LogP contribution in [-0.4, -0.2) is 62.3 Å². The topological polar surface area (TPSA) is 150 Å². The van der Waals surface area contributed by atoms with Gasteiger partial charge in [0.1, 0.15) is 11.9 Å². The number of pyridine rings is 1. The summed E-state index contributed by atoms with van der Waals surface area (Å²) >= 11 is 0. The zero-order valence-corrected chi connectivity index (χ0v) is 21.2. The normalized spacial score (nSPS) is 15.7. The number of carbonyl (C=O) groups is 3. The van der Waals surface area contributed by atoms with Crippen LogP contribution < -0.4 is 9.62 Å². The molecule has 0 saturated carbocycles. The Balaban J connectivity index is 1.49. The van der Waals surface area contributed by atoms with Gasteiger partial charge in [0.15, 0.2) is 0 Å². The molecule has 12 heteroatoms. The SMILES string of the molecule is CCOC(=O)c1cc(C#N)c(N2CC(C(=O)NS(=O)(=O)Cc3ccccc3)C2)nc1CN1CCCC1=O. The highest BCUT2D eigenvalue weighted by Gasteiger charge is 2.37. The van der Waals surface area contributed by atoms with Gasteiger partial charge in [0.05, 0.1) is 41.6 Å². The van der Waals surface area contributed by atoms with E-state index in [1.54, 1.807) is 47.1 Å². The monoisotopic (exact) mass is 525 g/mol. The van der Waals surface area contributed by atoms with Crippen molar-refractivity contribution in [3.8, 4) is 6.07 Å². The van der Waals surface area contributed by atoms with Crippen molar-refractivity contribution in [1.29, 1.82) is 5.26 Å². The van der Waals surface area contributed by atoms with E-state index < -0.39 is 27.8 Å². The van der Waals surface area contributed by atoms with Crippen LogP contribution in [0.3, 0.4) is 0 Å². The molecule has 2 aliphatic heterocycles. The van der Waals surface area contributed by atoms with E-state index in [9.17, 15) is 28.1 Å². The quantitative estimate of drug-likeness (QED) is 0.478. The third-order valence-corrected chi connectivity index (χ3v) is 7.44. The molecule has 1 aromatic heterocycles. The molecule has 0 radical (unpaired) electrons. The van der Waals surface area contributed by atoms with Crippen LogP contribution in [0.15, 0.2) is 36.4 Å². The third-order valence-electron chi connectivity index (χ3n) is 6.22. The highest BCUT2D eigenvalue weighted by atomic mass is 32.2. The number of hydrogen-bond acceptors (Lipinski definition) is 9. The van der Waals surface area contributed by atoms with Crippen molar-refractivity contribution in [2.45, 2.75) is 32.1 Å². The van der Waals surface area contributed by atoms with Crippen molar-refractivity contribution in [3.05, 3.63) is 58.8 Å². The van der Waals surface area contributed by atoms with Gasteiger partial charge in [-0.05, 0) is 25.0 Å². The first-order valence-electron chi connectivity index (χ1n) is 11.9. The van der Waals surface area contributed by atoms with E-state index in [1.807, 2.05) is 6.07 Å². The summed E-state index contributed by atoms with van der Waals surface area (Å²) in [6.07, 6.45) is 1.14. The van der Waals surface area contributed by atoms with Crippen LogP contribution in [0.4, 0.5) is 5.82 Å². The summed E-state index contributed by atoms with van der Waals surface area (Å²) in [7, 11) is -3.87. The van der Waals surface area contributed by atoms with Gasteiger partial charge < -0.3 is 14.5 Å². The number of anilines is 1. The first-order valence-corrected chi connectivity index (χ1v) is 13.6. The Morgan fingerprint density at radius 1 is 1.24 bits per heavy atom. The summed E-state index contributed by atoms with van der Waals surface area (Å²) in [5.74, 6) is -1.97. The predicted octanol–water partition coefficient (Wildman–Crippen LogP) is 1.33. The number of ether oxygens (including phenoxy) is 1. The molecule has 194 valence electrons. The van der Waals surface area contributed by atoms with Gasteiger partial charge >= 0.3 is 5.97 Å². The number of likely N-dealkylation sites (tertiary alicyclic amines) is 1. The Morgan fingerprint density at radius 3 is 2.59 bits per heavy atom. The summed E-state index contributed by atoms with van der Waals surface area (Å²) in [4.78, 5) is 45.2. The lowest BCUT2D eigenvalue weighted by Crippen LogP contribution is -2.55. The average molecular weight is 526 g/mol. The van der Waals surface area contributed by atoms with Crippen LogP contribution in [0.2, 0.25) is 0 Å². The van der Waals surface area contributed by atoms with E-state index in [0.29, 0.717) is 30.6 Å². The van der Waals surface area contributed by atoms with Gasteiger partial charge in [0.25, 0.3) is 0 Å². The molecular formula is C25H27N5O6S. The van der Waals surface area contributed by atoms with E-state index in [2.05, 4.69) is 9.71 Å². The fraction of sp³-hybridized carbons (Fsp3) is 0.400. The van der Waals surface area contributed by atoms with Crippen LogP contribution in [0.25, 0.3) is 0 Å². The summed E-state index contributed by atoms with van der Waals surface area (Å²) < 4.78 is 32.1. The van der Waals surface area contributed by atoms with Gasteiger partial charge in [-0.2, -0.15) is 5.26 Å². The van der Waals surface area contributed by atoms with Gasteiger partial charge in [-0.1, -0.05) is 30.3 Å². The number of nitrogens with one attached hydrogen (secondary N) is 1. The van der Waals surface area contributed by atoms with Gasteiger partial charge in [-0.25, -0.2) is 18.2 Å². The maximum Gasteiger partial charge on any atom is 0.340 e. The van der Waals surface area contributed by atoms with E-state index in [4.69, 9.17) is 4.74 Å². The fourth-order valence-corrected chi connectivity index (χ4v) is 5.48. The van der Waals surface area contributed by atoms with Crippen LogP contribution in [0.5, 0.6) is 0 Å². The number of esters is 1. The van der Waals surface area contributed by atoms with Crippen LogP contribution in [0, 0.1) is 17.2 Å². The van der Waals surface area contributed by atoms with Gasteiger partial charge in [0, 0.05) is 26.1 Å². The maximum atomic E-state index is 12.6. The van der Waals surface area contributed by atoms with Gasteiger partial charge in [-0.15, -0.1) is 0 Å². The van der Waals surface area contributed by atoms with E-state index >= 15 is 0 Å². The second-order valence-electron chi connectivity index (χ2n) is 8.92. The largest absolute Gasteiger partial charge is 0.462 e. The first-order chi connectivity index (χ1) is 17.7. The smallest absolute Gasteiger partial charge is 0.340 e. The maximum absolute atomic E-state index is 12.6. The lowest BCUT2D eigenvalue weighted by Gasteiger charge is -2.39. The van der Waals surface area contributed by atoms with Crippen molar-refractivity contribution < 1.29 is 27.5 Å². The van der Waals surface area contributed by atoms with Gasteiger partial charge in [-0.3, -0.25) is 14.3 Å². The molecule has 11 nitrogen and oxygen atoms in total. The van der Waals surface area contributed by atoms with Crippen molar-refractivity contribution in [2.75, 3.05) is 31.1 Å². The first kappa shape index (κ1) is 26.1. The van der Waals surface area contributed by atoms with Gasteiger partial charge in [0.2, 0.25) is 21.8 Å². The number of sulfonamides is 1. The van der Waals surface area contributed by atoms with E-state index in [0.717, 1.165) is 0 Å². The Kier molecular flexibility index (Phi) is 7.73. The predicted molar refractivity (Wildman–Crippen MR) is 132 cm³/mol. The number of nitrogens with zero attached hydrogens (tertiary/aromatic N) is 4. The Bertz CT molecular complexity index is 1350. The standard InChI is InChI=1S/C25H27N5O6S/c1-2-36-25(33)20-11-18(12-26)23(27-21(20)15-29-10-6-9-22(29)31)30-13-19(14-30)24(32)28-37(34,35)16-17-7-4-3-5-8-17/h3-5,7-8,11,19H,2,6,9-10,13-16H2,1H3,(H,28,32). The number of carbonyl (C=O) groups excluding carboxylic acids is 3. The Labute approximate surface area is 215 Å². The van der Waals surface area contributed by atoms with Crippen LogP contribution in [-0.2, 0) is 36.6 Å². The highest BCUT2D eigenvalue weighted by molar-refractivity contribution is 7.89. The molecule has 0 bridgehead atoms. The van der Waals surface area contributed by atoms with Crippen LogP contribution in [0.1, 0.15) is 46.9 Å². The van der Waals surface area contributed by atoms with E-state index in [-0.39, 0.29) is 54.8 Å². The second-order valence-corrected chi connectivity index (χ2v) is 10.6. The van der Waals surface area contributed by atoms with E-state index in [1.165, 1.54) is 6.07 Å². The molecule has 2 aliphatic rings. The van der Waals surface area contributed by atoms with Crippen LogP contribution >= 0.6 is 0 Å². The molecule has 0 unspecified atom stereocenters. The molecule has 1 aromatic carbocycles. The lowest BCUT2D eigenvalue weighted by molar-refractivity contribution is -0.128. The number of aromatic nitrogens is 1. The molecule has 0 aliphatic carbocycles. The molecular weight excluding hydrogens is 498 g/mol. The lowest BCUT2D eigenvalue weighted by atomic mass is 9.98. The second kappa shape index (κ2) is 11.0. The Morgan fingerprint density at radius 2 is 1.97 bits per heavy atom. The van der Waals surface area contributed by atoms with Crippen molar-refractivity contribution in [1.82, 2.24) is 14.6 Å². The number of hydrogen-bond donors (Lipinski definition) is 1. The molecule has 37 heavy (non-hydrogen) atoms. The third kappa shape index (κ3) is 6.06. The molecule has 2 aromatic rings. The summed E-state index contributed by atoms with van der Waals surface area (Å²) in [6.45, 7) is 2.74. The Hall–Kier alpha value is -3.98. The van der Waals surface area contributed by atoms with Crippen molar-refractivity contribution >= 4 is 33.6 Å². The highest BCUT2D eigenvalue weighted by Crippen LogP contribution is 2.29. The summed E-state index contributed by atoms with van der Waals surface area (Å²) in [5, 5.41) is 9.72. The molecule has 3 heterocycles. The summed E-state index contributed by atoms with van der Waals surface area (Å²) in [5.41, 5.74) is 1.10. The molecule has 2 amide bonds. The molecule has 0 spiro atoms. The van der Waals surface area contributed by atoms with Crippen molar-refractivity contribution in [2.24, 2.45) is 5.92 Å². The number of benzene rings is 1. The molecule has 2 saturated heterocycles. The molecule has 0 atom stereocenters. The molecule has 2 fully saturated rings.